The molecule has 0 aromatic heterocycles. The summed E-state index contributed by atoms with van der Waals surface area (Å²) in [5.41, 5.74) is 2.41. The average molecular weight is 401 g/mol. The number of rotatable bonds is 4. The molecule has 2 fully saturated rings. The van der Waals surface area contributed by atoms with Crippen LogP contribution in [0.5, 0.6) is 0 Å². The van der Waals surface area contributed by atoms with Gasteiger partial charge in [-0.15, -0.1) is 11.8 Å². The molecule has 1 aromatic rings. The van der Waals surface area contributed by atoms with Crippen molar-refractivity contribution in [1.82, 2.24) is 9.80 Å². The number of hydrogen-bond donors (Lipinski definition) is 0. The van der Waals surface area contributed by atoms with Crippen molar-refractivity contribution in [2.75, 3.05) is 25.4 Å². The van der Waals surface area contributed by atoms with Gasteiger partial charge in [0.15, 0.2) is 6.61 Å². The van der Waals surface area contributed by atoms with E-state index in [1.165, 1.54) is 11.1 Å². The zero-order valence-electron chi connectivity index (χ0n) is 15.9. The fraction of sp³-hybridized carbons (Fsp3) is 0.476. The SMILES string of the molecule is C[C@@]12CCC(=O)N1[C@@H](C(=O)OCC(=O)N1CC=C(c3ccccc3)CC1)CS2. The number of carbonyl (C=O) groups is 3. The monoisotopic (exact) mass is 400 g/mol. The average Bonchev–Trinajstić information content (AvgIpc) is 3.22. The van der Waals surface area contributed by atoms with Gasteiger partial charge in [0.2, 0.25) is 5.91 Å². The summed E-state index contributed by atoms with van der Waals surface area (Å²) in [5, 5.41) is 0. The fourth-order valence-electron chi connectivity index (χ4n) is 4.13. The molecule has 28 heavy (non-hydrogen) atoms. The van der Waals surface area contributed by atoms with Crippen molar-refractivity contribution in [2.45, 2.75) is 37.1 Å². The smallest absolute Gasteiger partial charge is 0.330 e. The minimum absolute atomic E-state index is 0.00427. The second-order valence-corrected chi connectivity index (χ2v) is 9.06. The Bertz CT molecular complexity index is 825. The number of esters is 1. The molecule has 3 heterocycles. The highest BCUT2D eigenvalue weighted by atomic mass is 32.2. The minimum Gasteiger partial charge on any atom is -0.454 e. The van der Waals surface area contributed by atoms with Crippen LogP contribution in [0.2, 0.25) is 0 Å². The molecular formula is C21H24N2O4S. The van der Waals surface area contributed by atoms with Crippen molar-refractivity contribution in [1.29, 1.82) is 0 Å². The first kappa shape index (κ1) is 19.1. The molecule has 3 aliphatic rings. The molecule has 148 valence electrons. The summed E-state index contributed by atoms with van der Waals surface area (Å²) < 4.78 is 5.30. The summed E-state index contributed by atoms with van der Waals surface area (Å²) in [6, 6.07) is 9.55. The van der Waals surface area contributed by atoms with E-state index in [4.69, 9.17) is 4.74 Å². The maximum atomic E-state index is 12.5. The molecule has 0 N–H and O–H groups in total. The lowest BCUT2D eigenvalue weighted by Crippen LogP contribution is -2.47. The summed E-state index contributed by atoms with van der Waals surface area (Å²) in [4.78, 5) is 40.1. The van der Waals surface area contributed by atoms with E-state index in [9.17, 15) is 14.4 Å². The Morgan fingerprint density at radius 2 is 2.04 bits per heavy atom. The maximum Gasteiger partial charge on any atom is 0.330 e. The van der Waals surface area contributed by atoms with Gasteiger partial charge < -0.3 is 14.5 Å². The first-order valence-corrected chi connectivity index (χ1v) is 10.6. The molecule has 4 rings (SSSR count). The van der Waals surface area contributed by atoms with Gasteiger partial charge in [-0.1, -0.05) is 36.4 Å². The van der Waals surface area contributed by atoms with Crippen LogP contribution in [-0.4, -0.2) is 63.9 Å². The van der Waals surface area contributed by atoms with E-state index in [1.807, 2.05) is 25.1 Å². The van der Waals surface area contributed by atoms with Crippen LogP contribution in [0.4, 0.5) is 0 Å². The number of carbonyl (C=O) groups excluding carboxylic acids is 3. The number of fused-ring (bicyclic) bond motifs is 1. The molecule has 6 nitrogen and oxygen atoms in total. The molecule has 0 saturated carbocycles. The van der Waals surface area contributed by atoms with E-state index in [-0.39, 0.29) is 23.3 Å². The Hall–Kier alpha value is -2.28. The number of benzene rings is 1. The van der Waals surface area contributed by atoms with E-state index < -0.39 is 12.0 Å². The lowest BCUT2D eigenvalue weighted by molar-refractivity contribution is -0.158. The molecule has 2 atom stereocenters. The summed E-state index contributed by atoms with van der Waals surface area (Å²) in [6.07, 6.45) is 4.06. The molecule has 0 radical (unpaired) electrons. The molecule has 0 spiro atoms. The Morgan fingerprint density at radius 1 is 1.25 bits per heavy atom. The first-order chi connectivity index (χ1) is 13.5. The lowest BCUT2D eigenvalue weighted by Gasteiger charge is -2.30. The number of hydrogen-bond acceptors (Lipinski definition) is 5. The number of nitrogens with zero attached hydrogens (tertiary/aromatic N) is 2. The Labute approximate surface area is 168 Å². The van der Waals surface area contributed by atoms with Crippen LogP contribution in [0.15, 0.2) is 36.4 Å². The third-order valence-corrected chi connectivity index (χ3v) is 7.27. The molecular weight excluding hydrogens is 376 g/mol. The lowest BCUT2D eigenvalue weighted by atomic mass is 10.00. The van der Waals surface area contributed by atoms with Gasteiger partial charge in [0.05, 0.1) is 4.87 Å². The molecule has 1 aromatic carbocycles. The Balaban J connectivity index is 1.30. The van der Waals surface area contributed by atoms with Crippen molar-refractivity contribution >= 4 is 35.1 Å². The normalized spacial score (nSPS) is 26.8. The molecule has 7 heteroatoms. The van der Waals surface area contributed by atoms with Gasteiger partial charge in [0.25, 0.3) is 5.91 Å². The third-order valence-electron chi connectivity index (χ3n) is 5.76. The van der Waals surface area contributed by atoms with Crippen LogP contribution in [0, 0.1) is 0 Å². The van der Waals surface area contributed by atoms with Gasteiger partial charge in [-0.2, -0.15) is 0 Å². The van der Waals surface area contributed by atoms with Crippen LogP contribution in [0.1, 0.15) is 31.7 Å². The van der Waals surface area contributed by atoms with Crippen LogP contribution >= 0.6 is 11.8 Å². The van der Waals surface area contributed by atoms with Crippen molar-refractivity contribution in [2.24, 2.45) is 0 Å². The molecule has 3 aliphatic heterocycles. The largest absolute Gasteiger partial charge is 0.454 e. The minimum atomic E-state index is -0.580. The predicted octanol–water partition coefficient (Wildman–Crippen LogP) is 2.30. The summed E-state index contributed by atoms with van der Waals surface area (Å²) in [7, 11) is 0. The second kappa shape index (κ2) is 7.62. The predicted molar refractivity (Wildman–Crippen MR) is 107 cm³/mol. The maximum absolute atomic E-state index is 12.5. The van der Waals surface area contributed by atoms with Gasteiger partial charge in [0, 0.05) is 25.3 Å². The molecule has 0 unspecified atom stereocenters. The number of ether oxygens (including phenoxy) is 1. The topological polar surface area (TPSA) is 66.9 Å². The van der Waals surface area contributed by atoms with Crippen LogP contribution < -0.4 is 0 Å². The molecule has 2 saturated heterocycles. The second-order valence-electron chi connectivity index (χ2n) is 7.56. The van der Waals surface area contributed by atoms with E-state index >= 15 is 0 Å². The van der Waals surface area contributed by atoms with E-state index in [0.717, 1.165) is 12.8 Å². The van der Waals surface area contributed by atoms with Crippen molar-refractivity contribution < 1.29 is 19.1 Å². The zero-order chi connectivity index (χ0) is 19.7. The molecule has 2 amide bonds. The number of thioether (sulfide) groups is 1. The Morgan fingerprint density at radius 3 is 2.75 bits per heavy atom. The highest BCUT2D eigenvalue weighted by Gasteiger charge is 2.53. The standard InChI is InChI=1S/C21H24N2O4S/c1-21-10-7-18(24)23(21)17(14-28-21)20(26)27-13-19(25)22-11-8-16(9-12-22)15-5-3-2-4-6-15/h2-6,8,17H,7,9-14H2,1H3/t17-,21-/m1/s1. The highest BCUT2D eigenvalue weighted by molar-refractivity contribution is 8.01. The van der Waals surface area contributed by atoms with Gasteiger partial charge in [-0.05, 0) is 30.9 Å². The van der Waals surface area contributed by atoms with E-state index in [0.29, 0.717) is 25.3 Å². The molecule has 0 bridgehead atoms. The van der Waals surface area contributed by atoms with Crippen molar-refractivity contribution in [3.8, 4) is 0 Å². The fourth-order valence-corrected chi connectivity index (χ4v) is 5.54. The van der Waals surface area contributed by atoms with Crippen LogP contribution in [-0.2, 0) is 19.1 Å². The van der Waals surface area contributed by atoms with E-state index in [1.54, 1.807) is 21.6 Å². The zero-order valence-corrected chi connectivity index (χ0v) is 16.7. The van der Waals surface area contributed by atoms with Crippen molar-refractivity contribution in [3.63, 3.8) is 0 Å². The summed E-state index contributed by atoms with van der Waals surface area (Å²) >= 11 is 1.62. The van der Waals surface area contributed by atoms with Gasteiger partial charge >= 0.3 is 5.97 Å². The quantitative estimate of drug-likeness (QED) is 0.726. The van der Waals surface area contributed by atoms with Gasteiger partial charge in [-0.3, -0.25) is 9.59 Å². The summed E-state index contributed by atoms with van der Waals surface area (Å²) in [6.45, 7) is 2.85. The van der Waals surface area contributed by atoms with Gasteiger partial charge in [0.1, 0.15) is 6.04 Å². The number of amides is 2. The highest BCUT2D eigenvalue weighted by Crippen LogP contribution is 2.47. The third kappa shape index (κ3) is 3.55. The first-order valence-electron chi connectivity index (χ1n) is 9.63. The van der Waals surface area contributed by atoms with Crippen LogP contribution in [0.25, 0.3) is 5.57 Å². The molecule has 0 aliphatic carbocycles. The van der Waals surface area contributed by atoms with Crippen LogP contribution in [0.3, 0.4) is 0 Å². The summed E-state index contributed by atoms with van der Waals surface area (Å²) in [5.74, 6) is -0.145. The van der Waals surface area contributed by atoms with Crippen molar-refractivity contribution in [3.05, 3.63) is 42.0 Å². The van der Waals surface area contributed by atoms with Gasteiger partial charge in [-0.25, -0.2) is 4.79 Å². The van der Waals surface area contributed by atoms with E-state index in [2.05, 4.69) is 18.2 Å². The Kier molecular flexibility index (Phi) is 5.19.